The highest BCUT2D eigenvalue weighted by Gasteiger charge is 2.48. The molecule has 0 spiro atoms. The topological polar surface area (TPSA) is 63.7 Å². The molecule has 2 aliphatic rings. The Kier molecular flexibility index (Phi) is 5.31. The molecule has 2 atom stereocenters. The van der Waals surface area contributed by atoms with Crippen molar-refractivity contribution in [1.82, 2.24) is 0 Å². The Morgan fingerprint density at radius 1 is 0.929 bits per heavy atom. The molecule has 1 saturated heterocycles. The Morgan fingerprint density at radius 2 is 1.50 bits per heavy atom. The molecule has 0 aromatic heterocycles. The number of halogens is 1. The zero-order chi connectivity index (χ0) is 19.7. The van der Waals surface area contributed by atoms with Crippen molar-refractivity contribution in [2.45, 2.75) is 25.7 Å². The lowest BCUT2D eigenvalue weighted by molar-refractivity contribution is -0.122. The lowest BCUT2D eigenvalue weighted by Gasteiger charge is -2.19. The number of amides is 2. The van der Waals surface area contributed by atoms with E-state index in [1.807, 2.05) is 12.1 Å². The highest BCUT2D eigenvalue weighted by molar-refractivity contribution is 9.10. The fourth-order valence-electron chi connectivity index (χ4n) is 3.98. The minimum atomic E-state index is -0.166. The number of hydrogen-bond acceptors (Lipinski definition) is 4. The third kappa shape index (κ3) is 3.61. The van der Waals surface area contributed by atoms with Crippen LogP contribution in [0.25, 0.3) is 0 Å². The Hall–Kier alpha value is -2.47. The highest BCUT2D eigenvalue weighted by Crippen LogP contribution is 2.40. The fraction of sp³-hybridized carbons (Fsp3) is 0.318. The predicted octanol–water partition coefficient (Wildman–Crippen LogP) is 4.39. The van der Waals surface area contributed by atoms with Crippen molar-refractivity contribution in [3.8, 4) is 5.75 Å². The van der Waals surface area contributed by atoms with Gasteiger partial charge >= 0.3 is 0 Å². The summed E-state index contributed by atoms with van der Waals surface area (Å²) in [6.45, 7) is -0.0767. The molecule has 2 amide bonds. The normalized spacial score (nSPS) is 21.5. The summed E-state index contributed by atoms with van der Waals surface area (Å²) in [7, 11) is 0. The molecule has 2 aromatic rings. The van der Waals surface area contributed by atoms with E-state index in [1.165, 1.54) is 4.90 Å². The van der Waals surface area contributed by atoms with Gasteiger partial charge in [0.2, 0.25) is 11.8 Å². The van der Waals surface area contributed by atoms with E-state index in [4.69, 9.17) is 4.74 Å². The molecule has 0 bridgehead atoms. The van der Waals surface area contributed by atoms with Crippen LogP contribution in [0.2, 0.25) is 0 Å². The molecule has 4 rings (SSSR count). The largest absolute Gasteiger partial charge is 0.485 e. The summed E-state index contributed by atoms with van der Waals surface area (Å²) in [5.74, 6) is -0.111. The summed E-state index contributed by atoms with van der Waals surface area (Å²) >= 11 is 3.34. The van der Waals surface area contributed by atoms with E-state index in [2.05, 4.69) is 15.9 Å². The summed E-state index contributed by atoms with van der Waals surface area (Å²) in [5, 5.41) is 0. The van der Waals surface area contributed by atoms with Crippen molar-refractivity contribution in [3.63, 3.8) is 0 Å². The molecule has 144 valence electrons. The highest BCUT2D eigenvalue weighted by atomic mass is 79.9. The van der Waals surface area contributed by atoms with Crippen LogP contribution in [0.1, 0.15) is 36.0 Å². The number of imide groups is 1. The van der Waals surface area contributed by atoms with Gasteiger partial charge < -0.3 is 4.74 Å². The van der Waals surface area contributed by atoms with Crippen molar-refractivity contribution in [2.75, 3.05) is 11.5 Å². The van der Waals surface area contributed by atoms with Crippen LogP contribution in [-0.2, 0) is 9.59 Å². The fourth-order valence-corrected chi connectivity index (χ4v) is 4.24. The van der Waals surface area contributed by atoms with E-state index in [9.17, 15) is 14.4 Å². The number of hydrogen-bond donors (Lipinski definition) is 0. The number of carbonyl (C=O) groups excluding carboxylic acids is 3. The second-order valence-electron chi connectivity index (χ2n) is 7.22. The number of rotatable bonds is 5. The minimum absolute atomic E-state index is 0.0767. The Balaban J connectivity index is 1.41. The molecular formula is C22H20BrNO4. The number of carbonyl (C=O) groups is 3. The lowest BCUT2D eigenvalue weighted by atomic mass is 9.81. The van der Waals surface area contributed by atoms with E-state index in [-0.39, 0.29) is 36.0 Å². The third-order valence-electron chi connectivity index (χ3n) is 5.47. The first kappa shape index (κ1) is 18.9. The van der Waals surface area contributed by atoms with Crippen LogP contribution in [-0.4, -0.2) is 24.2 Å². The van der Waals surface area contributed by atoms with Crippen molar-refractivity contribution in [1.29, 1.82) is 0 Å². The summed E-state index contributed by atoms with van der Waals surface area (Å²) in [5.41, 5.74) is 1.15. The van der Waals surface area contributed by atoms with Crippen LogP contribution in [0.15, 0.2) is 53.0 Å². The van der Waals surface area contributed by atoms with E-state index in [0.29, 0.717) is 17.0 Å². The Bertz CT molecular complexity index is 883. The van der Waals surface area contributed by atoms with Crippen molar-refractivity contribution < 1.29 is 19.1 Å². The lowest BCUT2D eigenvalue weighted by Crippen LogP contribution is -2.30. The Morgan fingerprint density at radius 3 is 2.07 bits per heavy atom. The molecule has 1 aliphatic heterocycles. The van der Waals surface area contributed by atoms with Gasteiger partial charge in [-0.05, 0) is 49.2 Å². The molecule has 1 saturated carbocycles. The first-order chi connectivity index (χ1) is 13.5. The second-order valence-corrected chi connectivity index (χ2v) is 8.14. The van der Waals surface area contributed by atoms with Gasteiger partial charge in [-0.3, -0.25) is 19.3 Å². The average molecular weight is 442 g/mol. The smallest absolute Gasteiger partial charge is 0.237 e. The number of anilines is 1. The molecular weight excluding hydrogens is 422 g/mol. The van der Waals surface area contributed by atoms with E-state index < -0.39 is 0 Å². The molecule has 1 aliphatic carbocycles. The minimum Gasteiger partial charge on any atom is -0.485 e. The molecule has 0 unspecified atom stereocenters. The third-order valence-corrected chi connectivity index (χ3v) is 6.00. The number of fused-ring (bicyclic) bond motifs is 1. The molecule has 28 heavy (non-hydrogen) atoms. The summed E-state index contributed by atoms with van der Waals surface area (Å²) in [6, 6.07) is 13.9. The molecule has 1 heterocycles. The van der Waals surface area contributed by atoms with Gasteiger partial charge in [0, 0.05) is 10.0 Å². The summed E-state index contributed by atoms with van der Waals surface area (Å²) in [4.78, 5) is 38.8. The molecule has 2 fully saturated rings. The van der Waals surface area contributed by atoms with E-state index >= 15 is 0 Å². The molecule has 0 N–H and O–H groups in total. The van der Waals surface area contributed by atoms with Gasteiger partial charge in [0.25, 0.3) is 0 Å². The van der Waals surface area contributed by atoms with E-state index in [1.54, 1.807) is 36.4 Å². The Labute approximate surface area is 171 Å². The number of benzene rings is 2. The number of Topliss-reactive ketones (excluding diaryl/α,β-unsaturated/α-hetero) is 1. The van der Waals surface area contributed by atoms with Gasteiger partial charge in [-0.1, -0.05) is 40.9 Å². The van der Waals surface area contributed by atoms with Crippen LogP contribution in [0, 0.1) is 11.8 Å². The number of nitrogens with zero attached hydrogens (tertiary/aromatic N) is 1. The van der Waals surface area contributed by atoms with Gasteiger partial charge in [0.15, 0.2) is 12.4 Å². The van der Waals surface area contributed by atoms with Crippen LogP contribution in [0.5, 0.6) is 5.75 Å². The zero-order valence-corrected chi connectivity index (χ0v) is 16.9. The van der Waals surface area contributed by atoms with Gasteiger partial charge in [0.05, 0.1) is 17.5 Å². The van der Waals surface area contributed by atoms with Gasteiger partial charge in [-0.2, -0.15) is 0 Å². The van der Waals surface area contributed by atoms with Gasteiger partial charge in [-0.15, -0.1) is 0 Å². The molecule has 2 aromatic carbocycles. The van der Waals surface area contributed by atoms with Crippen molar-refractivity contribution in [3.05, 3.63) is 58.6 Å². The standard InChI is InChI=1S/C22H20BrNO4/c23-15-7-5-14(6-8-15)20(25)13-28-17-11-9-16(10-12-17)24-21(26)18-3-1-2-4-19(18)22(24)27/h5-12,18-19H,1-4,13H2/t18-,19-/m0/s1. The maximum atomic E-state index is 12.7. The van der Waals surface area contributed by atoms with Crippen molar-refractivity contribution in [2.24, 2.45) is 11.8 Å². The second kappa shape index (κ2) is 7.87. The van der Waals surface area contributed by atoms with Crippen LogP contribution in [0.4, 0.5) is 5.69 Å². The zero-order valence-electron chi connectivity index (χ0n) is 15.3. The average Bonchev–Trinajstić information content (AvgIpc) is 2.98. The van der Waals surface area contributed by atoms with E-state index in [0.717, 1.165) is 30.2 Å². The van der Waals surface area contributed by atoms with Crippen molar-refractivity contribution >= 4 is 39.2 Å². The van der Waals surface area contributed by atoms with Gasteiger partial charge in [-0.25, -0.2) is 0 Å². The maximum Gasteiger partial charge on any atom is 0.237 e. The molecule has 6 heteroatoms. The first-order valence-corrected chi connectivity index (χ1v) is 10.2. The number of ketones is 1. The molecule has 5 nitrogen and oxygen atoms in total. The number of ether oxygens (including phenoxy) is 1. The SMILES string of the molecule is O=C(COc1ccc(N2C(=O)[C@H]3CCCC[C@@H]3C2=O)cc1)c1ccc(Br)cc1. The van der Waals surface area contributed by atoms with Crippen LogP contribution in [0.3, 0.4) is 0 Å². The first-order valence-electron chi connectivity index (χ1n) is 9.44. The maximum absolute atomic E-state index is 12.7. The summed E-state index contributed by atoms with van der Waals surface area (Å²) in [6.07, 6.45) is 3.61. The quantitative estimate of drug-likeness (QED) is 0.509. The van der Waals surface area contributed by atoms with Crippen LogP contribution >= 0.6 is 15.9 Å². The molecule has 0 radical (unpaired) electrons. The van der Waals surface area contributed by atoms with Gasteiger partial charge in [0.1, 0.15) is 5.75 Å². The van der Waals surface area contributed by atoms with Crippen LogP contribution < -0.4 is 9.64 Å². The predicted molar refractivity (Wildman–Crippen MR) is 108 cm³/mol. The monoisotopic (exact) mass is 441 g/mol. The summed E-state index contributed by atoms with van der Waals surface area (Å²) < 4.78 is 6.48.